The van der Waals surface area contributed by atoms with Crippen molar-refractivity contribution < 1.29 is 12.8 Å². The predicted octanol–water partition coefficient (Wildman–Crippen LogP) is 3.13. The summed E-state index contributed by atoms with van der Waals surface area (Å²) in [5.41, 5.74) is 5.70. The van der Waals surface area contributed by atoms with Gasteiger partial charge >= 0.3 is 0 Å². The summed E-state index contributed by atoms with van der Waals surface area (Å²) in [5.74, 6) is -0.848. The number of hydrogen-bond acceptors (Lipinski definition) is 4. The Labute approximate surface area is 131 Å². The van der Waals surface area contributed by atoms with E-state index >= 15 is 0 Å². The van der Waals surface area contributed by atoms with E-state index in [0.717, 1.165) is 12.1 Å². The first kappa shape index (κ1) is 15.2. The second kappa shape index (κ2) is 5.66. The van der Waals surface area contributed by atoms with Crippen molar-refractivity contribution in [3.05, 3.63) is 45.2 Å². The van der Waals surface area contributed by atoms with E-state index in [1.54, 1.807) is 12.1 Å². The van der Waals surface area contributed by atoms with Crippen molar-refractivity contribution >= 4 is 53.4 Å². The molecule has 0 unspecified atom stereocenters. The molecule has 20 heavy (non-hydrogen) atoms. The molecule has 9 heteroatoms. The Morgan fingerprint density at radius 3 is 2.60 bits per heavy atom. The van der Waals surface area contributed by atoms with E-state index in [4.69, 9.17) is 5.73 Å². The number of rotatable bonds is 3. The molecule has 0 fully saturated rings. The molecular formula is C11H8Br2FN3O2S. The van der Waals surface area contributed by atoms with Gasteiger partial charge in [-0.25, -0.2) is 17.8 Å². The van der Waals surface area contributed by atoms with E-state index in [1.807, 2.05) is 0 Å². The number of nitrogens with one attached hydrogen (secondary N) is 1. The van der Waals surface area contributed by atoms with Crippen LogP contribution in [0.25, 0.3) is 0 Å². The number of nitrogens with zero attached hydrogens (tertiary/aromatic N) is 1. The van der Waals surface area contributed by atoms with Gasteiger partial charge in [-0.1, -0.05) is 0 Å². The number of sulfonamides is 1. The minimum absolute atomic E-state index is 0.0633. The quantitative estimate of drug-likeness (QED) is 0.741. The summed E-state index contributed by atoms with van der Waals surface area (Å²) in [6, 6.07) is 5.27. The van der Waals surface area contributed by atoms with Gasteiger partial charge in [0.1, 0.15) is 10.7 Å². The van der Waals surface area contributed by atoms with Crippen LogP contribution in [-0.4, -0.2) is 13.4 Å². The molecule has 0 saturated carbocycles. The average Bonchev–Trinajstić information content (AvgIpc) is 2.36. The Balaban J connectivity index is 2.47. The van der Waals surface area contributed by atoms with Crippen LogP contribution in [0.5, 0.6) is 0 Å². The van der Waals surface area contributed by atoms with Crippen LogP contribution in [0.3, 0.4) is 0 Å². The van der Waals surface area contributed by atoms with Gasteiger partial charge in [0.15, 0.2) is 5.82 Å². The van der Waals surface area contributed by atoms with Crippen molar-refractivity contribution in [1.29, 1.82) is 0 Å². The summed E-state index contributed by atoms with van der Waals surface area (Å²) < 4.78 is 41.0. The maximum absolute atomic E-state index is 13.8. The molecule has 0 saturated heterocycles. The third-order valence-corrected chi connectivity index (χ3v) is 5.01. The Hall–Kier alpha value is -1.19. The maximum atomic E-state index is 13.8. The molecular weight excluding hydrogens is 417 g/mol. The lowest BCUT2D eigenvalue weighted by Crippen LogP contribution is -2.16. The van der Waals surface area contributed by atoms with Crippen LogP contribution in [0, 0.1) is 5.82 Å². The fourth-order valence-electron chi connectivity index (χ4n) is 1.39. The highest BCUT2D eigenvalue weighted by Crippen LogP contribution is 2.28. The number of hydrogen-bond donors (Lipinski definition) is 2. The highest BCUT2D eigenvalue weighted by Gasteiger charge is 2.22. The molecule has 1 aromatic carbocycles. The third kappa shape index (κ3) is 3.10. The second-order valence-electron chi connectivity index (χ2n) is 3.74. The van der Waals surface area contributed by atoms with E-state index in [9.17, 15) is 12.8 Å². The molecule has 1 heterocycles. The van der Waals surface area contributed by atoms with E-state index in [2.05, 4.69) is 41.6 Å². The Morgan fingerprint density at radius 1 is 1.25 bits per heavy atom. The fraction of sp³-hybridized carbons (Fsp3) is 0. The molecule has 2 aromatic rings. The predicted molar refractivity (Wildman–Crippen MR) is 81.3 cm³/mol. The van der Waals surface area contributed by atoms with Crippen LogP contribution in [0.4, 0.5) is 15.9 Å². The zero-order valence-corrected chi connectivity index (χ0v) is 13.8. The zero-order valence-electron chi connectivity index (χ0n) is 9.77. The van der Waals surface area contributed by atoms with Crippen LogP contribution < -0.4 is 10.5 Å². The molecule has 3 N–H and O–H groups in total. The molecule has 0 amide bonds. The van der Waals surface area contributed by atoms with Gasteiger partial charge in [-0.2, -0.15) is 0 Å². The van der Waals surface area contributed by atoms with Crippen molar-refractivity contribution in [2.24, 2.45) is 0 Å². The molecule has 5 nitrogen and oxygen atoms in total. The Kier molecular flexibility index (Phi) is 4.31. The van der Waals surface area contributed by atoms with Gasteiger partial charge in [0.2, 0.25) is 0 Å². The van der Waals surface area contributed by atoms with Crippen molar-refractivity contribution in [1.82, 2.24) is 4.98 Å². The Bertz CT molecular complexity index is 768. The molecule has 0 aliphatic rings. The van der Waals surface area contributed by atoms with Crippen molar-refractivity contribution in [2.45, 2.75) is 4.90 Å². The normalized spacial score (nSPS) is 11.3. The molecule has 0 bridgehead atoms. The highest BCUT2D eigenvalue weighted by atomic mass is 79.9. The van der Waals surface area contributed by atoms with Crippen LogP contribution in [0.1, 0.15) is 0 Å². The number of aromatic nitrogens is 1. The van der Waals surface area contributed by atoms with Gasteiger partial charge in [0, 0.05) is 16.4 Å². The first-order chi connectivity index (χ1) is 9.31. The van der Waals surface area contributed by atoms with Crippen LogP contribution >= 0.6 is 31.9 Å². The summed E-state index contributed by atoms with van der Waals surface area (Å²) in [4.78, 5) is 3.31. The largest absolute Gasteiger partial charge is 0.398 e. The first-order valence-corrected chi connectivity index (χ1v) is 8.26. The number of halogens is 3. The van der Waals surface area contributed by atoms with E-state index in [0.29, 0.717) is 4.47 Å². The molecule has 0 aliphatic heterocycles. The SMILES string of the molecule is Nc1cc(S(=O)(=O)Nc2ncccc2Br)c(F)cc1Br. The van der Waals surface area contributed by atoms with Crippen molar-refractivity contribution in [3.63, 3.8) is 0 Å². The van der Waals surface area contributed by atoms with E-state index in [-0.39, 0.29) is 16.0 Å². The van der Waals surface area contributed by atoms with Gasteiger partial charge in [-0.15, -0.1) is 0 Å². The summed E-state index contributed by atoms with van der Waals surface area (Å²) in [7, 11) is -4.12. The first-order valence-electron chi connectivity index (χ1n) is 5.19. The number of anilines is 2. The van der Waals surface area contributed by atoms with Crippen molar-refractivity contribution in [3.8, 4) is 0 Å². The van der Waals surface area contributed by atoms with Gasteiger partial charge in [-0.05, 0) is 56.1 Å². The van der Waals surface area contributed by atoms with Crippen LogP contribution in [-0.2, 0) is 10.0 Å². The number of nitrogens with two attached hydrogens (primary N) is 1. The van der Waals surface area contributed by atoms with Gasteiger partial charge < -0.3 is 5.73 Å². The molecule has 0 atom stereocenters. The third-order valence-electron chi connectivity index (χ3n) is 2.33. The molecule has 0 spiro atoms. The summed E-state index contributed by atoms with van der Waals surface area (Å²) >= 11 is 6.18. The molecule has 2 rings (SSSR count). The van der Waals surface area contributed by atoms with Gasteiger partial charge in [0.05, 0.1) is 4.47 Å². The molecule has 1 aromatic heterocycles. The smallest absolute Gasteiger partial charge is 0.266 e. The van der Waals surface area contributed by atoms with Crippen LogP contribution in [0.15, 0.2) is 44.3 Å². The lowest BCUT2D eigenvalue weighted by atomic mass is 10.3. The standard InChI is InChI=1S/C11H8Br2FN3O2S/c12-6-2-1-3-16-11(6)17-20(18,19)10-5-9(15)7(13)4-8(10)14/h1-5H,15H2,(H,16,17). The topological polar surface area (TPSA) is 85.1 Å². The molecule has 0 radical (unpaired) electrons. The van der Waals surface area contributed by atoms with E-state index in [1.165, 1.54) is 6.20 Å². The van der Waals surface area contributed by atoms with Crippen molar-refractivity contribution in [2.75, 3.05) is 10.5 Å². The lowest BCUT2D eigenvalue weighted by molar-refractivity contribution is 0.570. The minimum Gasteiger partial charge on any atom is -0.398 e. The van der Waals surface area contributed by atoms with E-state index < -0.39 is 20.7 Å². The summed E-state index contributed by atoms with van der Waals surface area (Å²) in [5, 5.41) is 0. The van der Waals surface area contributed by atoms with Crippen LogP contribution in [0.2, 0.25) is 0 Å². The highest BCUT2D eigenvalue weighted by molar-refractivity contribution is 9.11. The lowest BCUT2D eigenvalue weighted by Gasteiger charge is -2.10. The zero-order chi connectivity index (χ0) is 14.9. The summed E-state index contributed by atoms with van der Waals surface area (Å²) in [6.07, 6.45) is 1.41. The second-order valence-corrected chi connectivity index (χ2v) is 7.10. The number of benzene rings is 1. The maximum Gasteiger partial charge on any atom is 0.266 e. The molecule has 0 aliphatic carbocycles. The fourth-order valence-corrected chi connectivity index (χ4v) is 3.32. The average molecular weight is 425 g/mol. The Morgan fingerprint density at radius 2 is 1.95 bits per heavy atom. The minimum atomic E-state index is -4.12. The monoisotopic (exact) mass is 423 g/mol. The van der Waals surface area contributed by atoms with Gasteiger partial charge in [0.25, 0.3) is 10.0 Å². The molecule has 106 valence electrons. The number of nitrogen functional groups attached to an aromatic ring is 1. The number of pyridine rings is 1. The van der Waals surface area contributed by atoms with Gasteiger partial charge in [-0.3, -0.25) is 4.72 Å². The summed E-state index contributed by atoms with van der Waals surface area (Å²) in [6.45, 7) is 0.